The van der Waals surface area contributed by atoms with E-state index in [0.29, 0.717) is 0 Å². The fourth-order valence-corrected chi connectivity index (χ4v) is 4.76. The Morgan fingerprint density at radius 1 is 1.23 bits per heavy atom. The SMILES string of the molecule is CCn1c2ccccc2c2cc(NC(=O)C(C)Sc3nncs3)ccc21. The fraction of sp³-hybridized carbons (Fsp3) is 0.211. The average molecular weight is 383 g/mol. The standard InChI is InChI=1S/C19H18N4OS2/c1-3-23-16-7-5-4-6-14(16)15-10-13(8-9-17(15)23)21-18(24)12(2)26-19-22-20-11-25-19/h4-12H,3H2,1-2H3,(H,21,24). The summed E-state index contributed by atoms with van der Waals surface area (Å²) in [5.41, 5.74) is 4.88. The van der Waals surface area contributed by atoms with Gasteiger partial charge in [0, 0.05) is 34.0 Å². The average Bonchev–Trinajstić information content (AvgIpc) is 3.27. The quantitative estimate of drug-likeness (QED) is 0.504. The Balaban J connectivity index is 1.63. The number of benzene rings is 2. The van der Waals surface area contributed by atoms with Crippen LogP contribution >= 0.6 is 23.1 Å². The van der Waals surface area contributed by atoms with Crippen LogP contribution in [-0.4, -0.2) is 25.9 Å². The first-order valence-corrected chi connectivity index (χ1v) is 10.2. The first-order chi connectivity index (χ1) is 12.7. The van der Waals surface area contributed by atoms with E-state index in [9.17, 15) is 4.79 Å². The van der Waals surface area contributed by atoms with E-state index in [0.717, 1.165) is 22.0 Å². The lowest BCUT2D eigenvalue weighted by molar-refractivity contribution is -0.115. The number of hydrogen-bond acceptors (Lipinski definition) is 5. The number of fused-ring (bicyclic) bond motifs is 3. The number of amides is 1. The molecule has 132 valence electrons. The minimum atomic E-state index is -0.240. The smallest absolute Gasteiger partial charge is 0.237 e. The second kappa shape index (κ2) is 7.09. The highest BCUT2D eigenvalue weighted by Gasteiger charge is 2.17. The summed E-state index contributed by atoms with van der Waals surface area (Å²) in [4.78, 5) is 12.5. The van der Waals surface area contributed by atoms with Gasteiger partial charge in [-0.15, -0.1) is 10.2 Å². The summed E-state index contributed by atoms with van der Waals surface area (Å²) in [7, 11) is 0. The van der Waals surface area contributed by atoms with Crippen LogP contribution in [0.2, 0.25) is 0 Å². The second-order valence-electron chi connectivity index (χ2n) is 5.95. The van der Waals surface area contributed by atoms with Crippen molar-refractivity contribution in [2.45, 2.75) is 30.0 Å². The van der Waals surface area contributed by atoms with Gasteiger partial charge in [0.1, 0.15) is 5.51 Å². The molecule has 0 spiro atoms. The zero-order chi connectivity index (χ0) is 18.1. The maximum atomic E-state index is 12.5. The Morgan fingerprint density at radius 3 is 2.81 bits per heavy atom. The third kappa shape index (κ3) is 3.08. The summed E-state index contributed by atoms with van der Waals surface area (Å²) in [6.07, 6.45) is 0. The number of rotatable bonds is 5. The Morgan fingerprint density at radius 2 is 2.04 bits per heavy atom. The molecule has 26 heavy (non-hydrogen) atoms. The molecule has 1 amide bonds. The molecule has 1 unspecified atom stereocenters. The van der Waals surface area contributed by atoms with Crippen LogP contribution in [0.3, 0.4) is 0 Å². The molecule has 0 aliphatic heterocycles. The lowest BCUT2D eigenvalue weighted by Gasteiger charge is -2.11. The van der Waals surface area contributed by atoms with Gasteiger partial charge in [0.15, 0.2) is 4.34 Å². The first kappa shape index (κ1) is 17.1. The number of carbonyl (C=O) groups is 1. The van der Waals surface area contributed by atoms with Crippen LogP contribution in [0.15, 0.2) is 52.3 Å². The van der Waals surface area contributed by atoms with Gasteiger partial charge in [0.2, 0.25) is 5.91 Å². The molecule has 7 heteroatoms. The predicted molar refractivity (Wildman–Crippen MR) is 109 cm³/mol. The molecule has 4 aromatic rings. The molecule has 0 bridgehead atoms. The number of carbonyl (C=O) groups excluding carboxylic acids is 1. The van der Waals surface area contributed by atoms with Crippen molar-refractivity contribution in [1.82, 2.24) is 14.8 Å². The van der Waals surface area contributed by atoms with Crippen molar-refractivity contribution in [3.05, 3.63) is 48.0 Å². The van der Waals surface area contributed by atoms with E-state index in [-0.39, 0.29) is 11.2 Å². The molecule has 0 radical (unpaired) electrons. The number of hydrogen-bond donors (Lipinski definition) is 1. The van der Waals surface area contributed by atoms with Gasteiger partial charge in [0.05, 0.1) is 5.25 Å². The minimum absolute atomic E-state index is 0.0382. The number of thioether (sulfide) groups is 1. The van der Waals surface area contributed by atoms with Gasteiger partial charge < -0.3 is 9.88 Å². The van der Waals surface area contributed by atoms with E-state index >= 15 is 0 Å². The number of anilines is 1. The number of nitrogens with zero attached hydrogens (tertiary/aromatic N) is 3. The van der Waals surface area contributed by atoms with Crippen LogP contribution in [0.5, 0.6) is 0 Å². The van der Waals surface area contributed by atoms with Gasteiger partial charge in [0.25, 0.3) is 0 Å². The predicted octanol–water partition coefficient (Wildman–Crippen LogP) is 4.79. The molecule has 1 atom stereocenters. The normalized spacial score (nSPS) is 12.5. The number of para-hydroxylation sites is 1. The molecule has 0 aliphatic rings. The maximum absolute atomic E-state index is 12.5. The second-order valence-corrected chi connectivity index (χ2v) is 8.37. The molecular weight excluding hydrogens is 364 g/mol. The van der Waals surface area contributed by atoms with Gasteiger partial charge >= 0.3 is 0 Å². The zero-order valence-electron chi connectivity index (χ0n) is 14.5. The maximum Gasteiger partial charge on any atom is 0.237 e. The number of nitrogens with one attached hydrogen (secondary N) is 1. The first-order valence-electron chi connectivity index (χ1n) is 8.42. The molecule has 0 saturated carbocycles. The van der Waals surface area contributed by atoms with Crippen molar-refractivity contribution in [2.24, 2.45) is 0 Å². The summed E-state index contributed by atoms with van der Waals surface area (Å²) in [6, 6.07) is 14.5. The largest absolute Gasteiger partial charge is 0.341 e. The number of aryl methyl sites for hydroxylation is 1. The van der Waals surface area contributed by atoms with Gasteiger partial charge in [-0.3, -0.25) is 4.79 Å². The third-order valence-electron chi connectivity index (χ3n) is 4.34. The molecule has 2 aromatic heterocycles. The number of aromatic nitrogens is 3. The van der Waals surface area contributed by atoms with Crippen molar-refractivity contribution in [1.29, 1.82) is 0 Å². The Labute approximate surface area is 159 Å². The third-order valence-corrected chi connectivity index (χ3v) is 6.25. The molecule has 0 aliphatic carbocycles. The van der Waals surface area contributed by atoms with Gasteiger partial charge in [-0.25, -0.2) is 0 Å². The van der Waals surface area contributed by atoms with E-state index in [4.69, 9.17) is 0 Å². The fourth-order valence-electron chi connectivity index (χ4n) is 3.14. The molecule has 1 N–H and O–H groups in total. The van der Waals surface area contributed by atoms with Gasteiger partial charge in [-0.1, -0.05) is 41.3 Å². The van der Waals surface area contributed by atoms with Crippen molar-refractivity contribution in [3.63, 3.8) is 0 Å². The minimum Gasteiger partial charge on any atom is -0.341 e. The van der Waals surface area contributed by atoms with Gasteiger partial charge in [-0.05, 0) is 38.1 Å². The molecular formula is C19H18N4OS2. The summed E-state index contributed by atoms with van der Waals surface area (Å²) in [5.74, 6) is -0.0382. The van der Waals surface area contributed by atoms with E-state index in [1.54, 1.807) is 5.51 Å². The van der Waals surface area contributed by atoms with Crippen LogP contribution in [0.25, 0.3) is 21.8 Å². The summed E-state index contributed by atoms with van der Waals surface area (Å²) in [5, 5.41) is 12.9. The van der Waals surface area contributed by atoms with E-state index in [2.05, 4.69) is 57.3 Å². The van der Waals surface area contributed by atoms with E-state index in [1.807, 2.05) is 19.1 Å². The van der Waals surface area contributed by atoms with Crippen molar-refractivity contribution in [3.8, 4) is 0 Å². The highest BCUT2D eigenvalue weighted by molar-refractivity contribution is 8.02. The molecule has 4 rings (SSSR count). The summed E-state index contributed by atoms with van der Waals surface area (Å²) in [6.45, 7) is 4.93. The van der Waals surface area contributed by atoms with Gasteiger partial charge in [-0.2, -0.15) is 0 Å². The van der Waals surface area contributed by atoms with Crippen molar-refractivity contribution < 1.29 is 4.79 Å². The molecule has 5 nitrogen and oxygen atoms in total. The zero-order valence-corrected chi connectivity index (χ0v) is 16.1. The lowest BCUT2D eigenvalue weighted by atomic mass is 10.1. The van der Waals surface area contributed by atoms with Crippen molar-refractivity contribution in [2.75, 3.05) is 5.32 Å². The molecule has 0 fully saturated rings. The monoisotopic (exact) mass is 382 g/mol. The van der Waals surface area contributed by atoms with Crippen LogP contribution in [0.1, 0.15) is 13.8 Å². The molecule has 2 aromatic carbocycles. The Bertz CT molecular complexity index is 1070. The molecule has 0 saturated heterocycles. The van der Waals surface area contributed by atoms with Crippen LogP contribution in [0.4, 0.5) is 5.69 Å². The van der Waals surface area contributed by atoms with E-state index in [1.165, 1.54) is 39.5 Å². The highest BCUT2D eigenvalue weighted by Crippen LogP contribution is 2.31. The van der Waals surface area contributed by atoms with Crippen LogP contribution < -0.4 is 5.32 Å². The lowest BCUT2D eigenvalue weighted by Crippen LogP contribution is -2.22. The highest BCUT2D eigenvalue weighted by atomic mass is 32.2. The van der Waals surface area contributed by atoms with E-state index < -0.39 is 0 Å². The Hall–Kier alpha value is -2.38. The van der Waals surface area contributed by atoms with Crippen LogP contribution in [0, 0.1) is 0 Å². The summed E-state index contributed by atoms with van der Waals surface area (Å²) < 4.78 is 3.10. The van der Waals surface area contributed by atoms with Crippen molar-refractivity contribution >= 4 is 56.5 Å². The van der Waals surface area contributed by atoms with Crippen LogP contribution in [-0.2, 0) is 11.3 Å². The Kier molecular flexibility index (Phi) is 4.65. The topological polar surface area (TPSA) is 59.8 Å². The summed E-state index contributed by atoms with van der Waals surface area (Å²) >= 11 is 2.86. The molecule has 2 heterocycles.